The van der Waals surface area contributed by atoms with E-state index in [0.717, 1.165) is 36.8 Å². The highest BCUT2D eigenvalue weighted by atomic mass is 16.5. The van der Waals surface area contributed by atoms with E-state index in [4.69, 9.17) is 9.47 Å². The van der Waals surface area contributed by atoms with E-state index in [1.165, 1.54) is 25.0 Å². The van der Waals surface area contributed by atoms with Crippen LogP contribution >= 0.6 is 0 Å². The first-order valence-corrected chi connectivity index (χ1v) is 8.63. The molecule has 0 heterocycles. The van der Waals surface area contributed by atoms with Crippen LogP contribution in [0.3, 0.4) is 0 Å². The summed E-state index contributed by atoms with van der Waals surface area (Å²) in [6.07, 6.45) is 3.73. The first-order chi connectivity index (χ1) is 12.0. The number of hydrogen-bond donors (Lipinski definition) is 0. The molecule has 0 saturated heterocycles. The van der Waals surface area contributed by atoms with E-state index in [1.54, 1.807) is 0 Å². The van der Waals surface area contributed by atoms with Gasteiger partial charge in [0.15, 0.2) is 0 Å². The molecule has 4 nitrogen and oxygen atoms in total. The Hall–Kier alpha value is -2.62. The Morgan fingerprint density at radius 2 is 1.24 bits per heavy atom. The molecule has 4 heteroatoms. The summed E-state index contributed by atoms with van der Waals surface area (Å²) in [5.41, 5.74) is 4.35. The van der Waals surface area contributed by atoms with Gasteiger partial charge in [-0.1, -0.05) is 24.3 Å². The molecule has 0 saturated carbocycles. The van der Waals surface area contributed by atoms with Gasteiger partial charge >= 0.3 is 11.9 Å². The lowest BCUT2D eigenvalue weighted by Crippen LogP contribution is -2.24. The number of ether oxygens (including phenoxy) is 2. The first kappa shape index (κ1) is 15.9. The molecule has 2 aliphatic carbocycles. The average molecular weight is 336 g/mol. The molecule has 0 aliphatic heterocycles. The molecule has 4 rings (SSSR count). The zero-order chi connectivity index (χ0) is 17.6. The summed E-state index contributed by atoms with van der Waals surface area (Å²) in [6, 6.07) is 11.8. The SMILES string of the molecule is CC(=O)Oc1cccc2c1C1(CC2)CCc2cccc(OC(C)=O)c21. The van der Waals surface area contributed by atoms with Crippen molar-refractivity contribution in [3.8, 4) is 11.5 Å². The largest absolute Gasteiger partial charge is 0.426 e. The van der Waals surface area contributed by atoms with Crippen molar-refractivity contribution in [2.45, 2.75) is 44.9 Å². The average Bonchev–Trinajstić information content (AvgIpc) is 3.11. The molecule has 2 aromatic rings. The number of aryl methyl sites for hydroxylation is 2. The standard InChI is InChI=1S/C21H20O4/c1-13(22)24-17-7-3-5-15-9-11-21(19(15)17)12-10-16-6-4-8-18(20(16)21)25-14(2)23/h3-8H,9-12H2,1-2H3. The van der Waals surface area contributed by atoms with Gasteiger partial charge in [0.05, 0.1) is 0 Å². The van der Waals surface area contributed by atoms with Crippen molar-refractivity contribution in [2.24, 2.45) is 0 Å². The first-order valence-electron chi connectivity index (χ1n) is 8.63. The fourth-order valence-electron chi connectivity index (χ4n) is 4.58. The summed E-state index contributed by atoms with van der Waals surface area (Å²) < 4.78 is 11.1. The smallest absolute Gasteiger partial charge is 0.308 e. The van der Waals surface area contributed by atoms with Crippen molar-refractivity contribution in [1.82, 2.24) is 0 Å². The number of benzene rings is 2. The van der Waals surface area contributed by atoms with Gasteiger partial charge in [0.25, 0.3) is 0 Å². The highest BCUT2D eigenvalue weighted by Crippen LogP contribution is 2.57. The van der Waals surface area contributed by atoms with Crippen molar-refractivity contribution >= 4 is 11.9 Å². The van der Waals surface area contributed by atoms with Crippen molar-refractivity contribution in [3.63, 3.8) is 0 Å². The molecule has 0 atom stereocenters. The lowest BCUT2D eigenvalue weighted by molar-refractivity contribution is -0.132. The van der Waals surface area contributed by atoms with E-state index in [-0.39, 0.29) is 17.4 Å². The fourth-order valence-corrected chi connectivity index (χ4v) is 4.58. The Balaban J connectivity index is 1.93. The van der Waals surface area contributed by atoms with E-state index >= 15 is 0 Å². The van der Waals surface area contributed by atoms with Gasteiger partial charge in [-0.25, -0.2) is 0 Å². The molecule has 0 bridgehead atoms. The van der Waals surface area contributed by atoms with Crippen LogP contribution in [0.5, 0.6) is 11.5 Å². The van der Waals surface area contributed by atoms with Crippen LogP contribution in [0.15, 0.2) is 36.4 Å². The second-order valence-corrected chi connectivity index (χ2v) is 6.85. The summed E-state index contributed by atoms with van der Waals surface area (Å²) in [4.78, 5) is 23.2. The van der Waals surface area contributed by atoms with Crippen LogP contribution in [0.2, 0.25) is 0 Å². The normalized spacial score (nSPS) is 16.4. The summed E-state index contributed by atoms with van der Waals surface area (Å²) >= 11 is 0. The molecule has 0 fully saturated rings. The zero-order valence-corrected chi connectivity index (χ0v) is 14.4. The molecule has 0 aromatic heterocycles. The number of carbonyl (C=O) groups excluding carboxylic acids is 2. The molecule has 2 aliphatic rings. The monoisotopic (exact) mass is 336 g/mol. The molecule has 25 heavy (non-hydrogen) atoms. The quantitative estimate of drug-likeness (QED) is 0.620. The topological polar surface area (TPSA) is 52.6 Å². The second-order valence-electron chi connectivity index (χ2n) is 6.85. The lowest BCUT2D eigenvalue weighted by Gasteiger charge is -2.29. The van der Waals surface area contributed by atoms with Crippen LogP contribution in [0.4, 0.5) is 0 Å². The molecule has 0 N–H and O–H groups in total. The maximum Gasteiger partial charge on any atom is 0.308 e. The van der Waals surface area contributed by atoms with Crippen LogP contribution in [0.25, 0.3) is 0 Å². The molecular formula is C21H20O4. The predicted molar refractivity (Wildman–Crippen MR) is 92.9 cm³/mol. The Morgan fingerprint density at radius 1 is 0.800 bits per heavy atom. The highest BCUT2D eigenvalue weighted by Gasteiger charge is 2.48. The Labute approximate surface area is 146 Å². The molecule has 1 spiro atoms. The molecule has 0 radical (unpaired) electrons. The fraction of sp³-hybridized carbons (Fsp3) is 0.333. The maximum absolute atomic E-state index is 11.6. The van der Waals surface area contributed by atoms with Crippen molar-refractivity contribution in [2.75, 3.05) is 0 Å². The van der Waals surface area contributed by atoms with Gasteiger partial charge in [-0.2, -0.15) is 0 Å². The van der Waals surface area contributed by atoms with Crippen LogP contribution in [0, 0.1) is 0 Å². The maximum atomic E-state index is 11.6. The molecule has 0 unspecified atom stereocenters. The van der Waals surface area contributed by atoms with Crippen molar-refractivity contribution in [1.29, 1.82) is 0 Å². The number of rotatable bonds is 2. The van der Waals surface area contributed by atoms with E-state index in [9.17, 15) is 9.59 Å². The van der Waals surface area contributed by atoms with Crippen molar-refractivity contribution < 1.29 is 19.1 Å². The third kappa shape index (κ3) is 2.44. The van der Waals surface area contributed by atoms with E-state index in [2.05, 4.69) is 12.1 Å². The Bertz CT molecular complexity index is 808. The van der Waals surface area contributed by atoms with Crippen LogP contribution in [-0.4, -0.2) is 11.9 Å². The molecule has 0 amide bonds. The third-order valence-electron chi connectivity index (χ3n) is 5.33. The summed E-state index contributed by atoms with van der Waals surface area (Å²) in [7, 11) is 0. The second kappa shape index (κ2) is 5.73. The Kier molecular flexibility index (Phi) is 3.64. The van der Waals surface area contributed by atoms with Gasteiger partial charge in [0.2, 0.25) is 0 Å². The van der Waals surface area contributed by atoms with Gasteiger partial charge in [-0.05, 0) is 48.9 Å². The highest BCUT2D eigenvalue weighted by molar-refractivity contribution is 5.73. The van der Waals surface area contributed by atoms with E-state index in [0.29, 0.717) is 11.5 Å². The van der Waals surface area contributed by atoms with Gasteiger partial charge in [-0.15, -0.1) is 0 Å². The number of carbonyl (C=O) groups is 2. The molecule has 128 valence electrons. The van der Waals surface area contributed by atoms with Gasteiger partial charge in [-0.3, -0.25) is 9.59 Å². The minimum atomic E-state index is -0.318. The number of esters is 2. The van der Waals surface area contributed by atoms with Crippen LogP contribution in [-0.2, 0) is 27.8 Å². The van der Waals surface area contributed by atoms with Gasteiger partial charge < -0.3 is 9.47 Å². The Morgan fingerprint density at radius 3 is 1.64 bits per heavy atom. The van der Waals surface area contributed by atoms with Gasteiger partial charge in [0.1, 0.15) is 11.5 Å². The number of fused-ring (bicyclic) bond motifs is 4. The predicted octanol–water partition coefficient (Wildman–Crippen LogP) is 3.72. The zero-order valence-electron chi connectivity index (χ0n) is 14.4. The third-order valence-corrected chi connectivity index (χ3v) is 5.33. The molecule has 2 aromatic carbocycles. The summed E-state index contributed by atoms with van der Waals surface area (Å²) in [5.74, 6) is 0.629. The molecular weight excluding hydrogens is 316 g/mol. The van der Waals surface area contributed by atoms with E-state index < -0.39 is 0 Å². The summed E-state index contributed by atoms with van der Waals surface area (Å²) in [5, 5.41) is 0. The van der Waals surface area contributed by atoms with Gasteiger partial charge in [0, 0.05) is 30.4 Å². The van der Waals surface area contributed by atoms with Crippen molar-refractivity contribution in [3.05, 3.63) is 58.7 Å². The number of hydrogen-bond acceptors (Lipinski definition) is 4. The summed E-state index contributed by atoms with van der Waals surface area (Å²) in [6.45, 7) is 2.85. The minimum absolute atomic E-state index is 0.247. The lowest BCUT2D eigenvalue weighted by atomic mass is 9.76. The van der Waals surface area contributed by atoms with Crippen LogP contribution in [0.1, 0.15) is 48.9 Å². The van der Waals surface area contributed by atoms with E-state index in [1.807, 2.05) is 24.3 Å². The minimum Gasteiger partial charge on any atom is -0.426 e. The van der Waals surface area contributed by atoms with Crippen LogP contribution < -0.4 is 9.47 Å².